The number of aromatic nitrogens is 2. The number of nitrogens with zero attached hydrogens (tertiary/aromatic N) is 6. The average molecular weight is 491 g/mol. The highest BCUT2D eigenvalue weighted by Gasteiger charge is 2.40. The van der Waals surface area contributed by atoms with Crippen LogP contribution in [-0.2, 0) is 16.4 Å². The van der Waals surface area contributed by atoms with E-state index < -0.39 is 17.2 Å². The minimum Gasteiger partial charge on any atom is -0.353 e. The summed E-state index contributed by atoms with van der Waals surface area (Å²) < 4.78 is 40.1. The van der Waals surface area contributed by atoms with Crippen LogP contribution in [0.5, 0.6) is 0 Å². The van der Waals surface area contributed by atoms with Crippen molar-refractivity contribution < 1.29 is 18.0 Å². The van der Waals surface area contributed by atoms with Crippen molar-refractivity contribution in [2.24, 2.45) is 0 Å². The smallest absolute Gasteiger partial charge is 0.353 e. The molecule has 10 heteroatoms. The van der Waals surface area contributed by atoms with Gasteiger partial charge in [-0.15, -0.1) is 0 Å². The van der Waals surface area contributed by atoms with Crippen molar-refractivity contribution in [3.8, 4) is 0 Å². The second-order valence-corrected chi connectivity index (χ2v) is 9.80. The Bertz CT molecular complexity index is 984. The fraction of sp³-hybridized carbons (Fsp3) is 0.560. The molecule has 1 amide bonds. The molecule has 0 unspecified atom stereocenters. The number of amides is 1. The molecule has 0 aliphatic carbocycles. The number of benzene rings is 1. The highest BCUT2D eigenvalue weighted by molar-refractivity contribution is 5.78. The van der Waals surface area contributed by atoms with Crippen LogP contribution in [0.3, 0.4) is 0 Å². The molecule has 0 N–H and O–H groups in total. The highest BCUT2D eigenvalue weighted by atomic mass is 19.4. The molecule has 1 aromatic heterocycles. The molecule has 190 valence electrons. The van der Waals surface area contributed by atoms with Crippen molar-refractivity contribution in [2.75, 3.05) is 71.4 Å². The fourth-order valence-electron chi connectivity index (χ4n) is 5.23. The first-order chi connectivity index (χ1) is 16.7. The Hall–Kier alpha value is -2.72. The van der Waals surface area contributed by atoms with Crippen LogP contribution >= 0.6 is 0 Å². The summed E-state index contributed by atoms with van der Waals surface area (Å²) in [6, 6.07) is 5.70. The molecule has 0 saturated carbocycles. The number of carbonyl (C=O) groups excluding carboxylic acids is 1. The quantitative estimate of drug-likeness (QED) is 0.621. The SMILES string of the molecule is CN(C)CC1(c2cccc(C(F)(F)F)c2)CCN(C(=O)CN2CCN(c3cnccn3)CC2)CC1. The molecule has 2 aliphatic rings. The van der Waals surface area contributed by atoms with E-state index in [0.29, 0.717) is 44.6 Å². The van der Waals surface area contributed by atoms with Crippen LogP contribution in [0.2, 0.25) is 0 Å². The van der Waals surface area contributed by atoms with Gasteiger partial charge in [0.05, 0.1) is 18.3 Å². The van der Waals surface area contributed by atoms with E-state index >= 15 is 0 Å². The maximum absolute atomic E-state index is 13.4. The van der Waals surface area contributed by atoms with Crippen LogP contribution in [0.1, 0.15) is 24.0 Å². The van der Waals surface area contributed by atoms with Gasteiger partial charge in [0.1, 0.15) is 5.82 Å². The second-order valence-electron chi connectivity index (χ2n) is 9.80. The number of likely N-dealkylation sites (tertiary alicyclic amines) is 1. The number of halogens is 3. The molecule has 0 spiro atoms. The lowest BCUT2D eigenvalue weighted by Crippen LogP contribution is -2.53. The summed E-state index contributed by atoms with van der Waals surface area (Å²) in [7, 11) is 3.88. The van der Waals surface area contributed by atoms with E-state index in [1.807, 2.05) is 23.9 Å². The zero-order valence-electron chi connectivity index (χ0n) is 20.3. The molecule has 2 aliphatic heterocycles. The summed E-state index contributed by atoms with van der Waals surface area (Å²) >= 11 is 0. The highest BCUT2D eigenvalue weighted by Crippen LogP contribution is 2.39. The Morgan fingerprint density at radius 1 is 1.06 bits per heavy atom. The summed E-state index contributed by atoms with van der Waals surface area (Å²) in [6.07, 6.45) is 1.98. The molecule has 2 aromatic rings. The van der Waals surface area contributed by atoms with Crippen LogP contribution in [-0.4, -0.2) is 97.0 Å². The summed E-state index contributed by atoms with van der Waals surface area (Å²) in [5.41, 5.74) is -0.329. The third-order valence-electron chi connectivity index (χ3n) is 7.10. The van der Waals surface area contributed by atoms with Crippen LogP contribution in [0, 0.1) is 0 Å². The van der Waals surface area contributed by atoms with Crippen molar-refractivity contribution >= 4 is 11.7 Å². The zero-order valence-corrected chi connectivity index (χ0v) is 20.3. The van der Waals surface area contributed by atoms with Gasteiger partial charge < -0.3 is 14.7 Å². The summed E-state index contributed by atoms with van der Waals surface area (Å²) in [6.45, 7) is 5.20. The van der Waals surface area contributed by atoms with E-state index in [4.69, 9.17) is 0 Å². The number of piperazine rings is 1. The largest absolute Gasteiger partial charge is 0.416 e. The van der Waals surface area contributed by atoms with Gasteiger partial charge in [-0.1, -0.05) is 18.2 Å². The minimum absolute atomic E-state index is 0.0837. The minimum atomic E-state index is -4.37. The average Bonchev–Trinajstić information content (AvgIpc) is 2.84. The Kier molecular flexibility index (Phi) is 7.61. The van der Waals surface area contributed by atoms with E-state index in [9.17, 15) is 18.0 Å². The molecule has 4 rings (SSSR count). The van der Waals surface area contributed by atoms with Gasteiger partial charge in [-0.05, 0) is 38.6 Å². The molecule has 35 heavy (non-hydrogen) atoms. The Morgan fingerprint density at radius 2 is 1.77 bits per heavy atom. The van der Waals surface area contributed by atoms with E-state index in [-0.39, 0.29) is 5.91 Å². The van der Waals surface area contributed by atoms with Crippen molar-refractivity contribution in [1.29, 1.82) is 0 Å². The lowest BCUT2D eigenvalue weighted by molar-refractivity contribution is -0.137. The first kappa shape index (κ1) is 25.4. The van der Waals surface area contributed by atoms with Crippen LogP contribution in [0.15, 0.2) is 42.9 Å². The van der Waals surface area contributed by atoms with Gasteiger partial charge >= 0.3 is 6.18 Å². The first-order valence-corrected chi connectivity index (χ1v) is 12.0. The molecular weight excluding hydrogens is 457 g/mol. The molecule has 2 fully saturated rings. The number of alkyl halides is 3. The first-order valence-electron chi connectivity index (χ1n) is 12.0. The molecule has 0 atom stereocenters. The van der Waals surface area contributed by atoms with Crippen molar-refractivity contribution in [2.45, 2.75) is 24.4 Å². The predicted molar refractivity (Wildman–Crippen MR) is 128 cm³/mol. The van der Waals surface area contributed by atoms with E-state index in [1.54, 1.807) is 24.7 Å². The molecular formula is C25H33F3N6O. The second kappa shape index (κ2) is 10.5. The number of hydrogen-bond acceptors (Lipinski definition) is 6. The van der Waals surface area contributed by atoms with Gasteiger partial charge in [-0.25, -0.2) is 4.98 Å². The molecule has 3 heterocycles. The predicted octanol–water partition coefficient (Wildman–Crippen LogP) is 2.74. The molecule has 0 bridgehead atoms. The number of likely N-dealkylation sites (N-methyl/N-ethyl adjacent to an activating group) is 1. The summed E-state index contributed by atoms with van der Waals surface area (Å²) in [5.74, 6) is 0.932. The van der Waals surface area contributed by atoms with E-state index in [2.05, 4.69) is 19.8 Å². The maximum atomic E-state index is 13.4. The number of anilines is 1. The van der Waals surface area contributed by atoms with Crippen LogP contribution in [0.25, 0.3) is 0 Å². The van der Waals surface area contributed by atoms with Gasteiger partial charge in [-0.3, -0.25) is 14.7 Å². The number of carbonyl (C=O) groups is 1. The third-order valence-corrected chi connectivity index (χ3v) is 7.10. The topological polar surface area (TPSA) is 55.8 Å². The number of hydrogen-bond donors (Lipinski definition) is 0. The van der Waals surface area contributed by atoms with Crippen LogP contribution in [0.4, 0.5) is 19.0 Å². The lowest BCUT2D eigenvalue weighted by Gasteiger charge is -2.44. The standard InChI is InChI=1S/C25H33F3N6O/c1-31(2)19-24(20-4-3-5-21(16-20)25(26,27)28)6-10-34(11-7-24)23(35)18-32-12-14-33(15-13-32)22-17-29-8-9-30-22/h3-5,8-9,16-17H,6-7,10-15,18-19H2,1-2H3. The normalized spacial score (nSPS) is 19.3. The van der Waals surface area contributed by atoms with Gasteiger partial charge in [-0.2, -0.15) is 13.2 Å². The van der Waals surface area contributed by atoms with Crippen molar-refractivity contribution in [3.63, 3.8) is 0 Å². The van der Waals surface area contributed by atoms with Gasteiger partial charge in [0, 0.05) is 63.6 Å². The van der Waals surface area contributed by atoms with Gasteiger partial charge in [0.2, 0.25) is 5.91 Å². The monoisotopic (exact) mass is 490 g/mol. The summed E-state index contributed by atoms with van der Waals surface area (Å²) in [4.78, 5) is 29.7. The number of rotatable bonds is 6. The van der Waals surface area contributed by atoms with Gasteiger partial charge in [0.15, 0.2) is 0 Å². The third kappa shape index (κ3) is 6.10. The van der Waals surface area contributed by atoms with Crippen molar-refractivity contribution in [3.05, 3.63) is 54.0 Å². The van der Waals surface area contributed by atoms with Crippen molar-refractivity contribution in [1.82, 2.24) is 24.7 Å². The summed E-state index contributed by atoms with van der Waals surface area (Å²) in [5, 5.41) is 0. The van der Waals surface area contributed by atoms with E-state index in [1.165, 1.54) is 12.1 Å². The van der Waals surface area contributed by atoms with Gasteiger partial charge in [0.25, 0.3) is 0 Å². The molecule has 0 radical (unpaired) electrons. The molecule has 2 saturated heterocycles. The lowest BCUT2D eigenvalue weighted by atomic mass is 9.72. The van der Waals surface area contributed by atoms with Crippen LogP contribution < -0.4 is 4.90 Å². The van der Waals surface area contributed by atoms with E-state index in [0.717, 1.165) is 38.1 Å². The fourth-order valence-corrected chi connectivity index (χ4v) is 5.23. The maximum Gasteiger partial charge on any atom is 0.416 e. The molecule has 1 aromatic carbocycles. The zero-order chi connectivity index (χ0) is 25.1. The Labute approximate surface area is 204 Å². The molecule has 7 nitrogen and oxygen atoms in total. The number of piperidine rings is 1. The Balaban J connectivity index is 1.36. The Morgan fingerprint density at radius 3 is 2.37 bits per heavy atom.